The van der Waals surface area contributed by atoms with Gasteiger partial charge in [-0.3, -0.25) is 4.31 Å². The normalized spacial score (nSPS) is 11.5. The van der Waals surface area contributed by atoms with Crippen molar-refractivity contribution in [1.82, 2.24) is 0 Å². The van der Waals surface area contributed by atoms with Gasteiger partial charge in [0.1, 0.15) is 0 Å². The molecule has 122 valence electrons. The van der Waals surface area contributed by atoms with Gasteiger partial charge in [-0.25, -0.2) is 8.42 Å². The Hall–Kier alpha value is -2.07. The fourth-order valence-corrected chi connectivity index (χ4v) is 3.76. The van der Waals surface area contributed by atoms with E-state index in [2.05, 4.69) is 20.4 Å². The molecular weight excluding hydrogens is 306 g/mol. The van der Waals surface area contributed by atoms with Crippen molar-refractivity contribution in [3.8, 4) is 0 Å². The highest BCUT2D eigenvalue weighted by Crippen LogP contribution is 2.26. The van der Waals surface area contributed by atoms with E-state index in [1.165, 1.54) is 9.87 Å². The fraction of sp³-hybridized carbons (Fsp3) is 0.263. The highest BCUT2D eigenvalue weighted by atomic mass is 32.2. The van der Waals surface area contributed by atoms with Crippen molar-refractivity contribution in [2.75, 3.05) is 10.8 Å². The van der Waals surface area contributed by atoms with Crippen molar-refractivity contribution in [3.63, 3.8) is 0 Å². The first kappa shape index (κ1) is 17.3. The number of hydrogen-bond donors (Lipinski definition) is 0. The van der Waals surface area contributed by atoms with Crippen molar-refractivity contribution in [2.45, 2.75) is 31.6 Å². The van der Waals surface area contributed by atoms with Gasteiger partial charge in [-0.1, -0.05) is 49.8 Å². The molecule has 0 unspecified atom stereocenters. The first-order chi connectivity index (χ1) is 10.9. The maximum absolute atomic E-state index is 12.9. The van der Waals surface area contributed by atoms with Crippen molar-refractivity contribution in [2.24, 2.45) is 0 Å². The Morgan fingerprint density at radius 1 is 1.04 bits per heavy atom. The lowest BCUT2D eigenvalue weighted by molar-refractivity contribution is 0.593. The fourth-order valence-electron chi connectivity index (χ4n) is 2.32. The second-order valence-corrected chi connectivity index (χ2v) is 7.75. The molecule has 0 amide bonds. The molecule has 0 saturated heterocycles. The van der Waals surface area contributed by atoms with Gasteiger partial charge in [0.2, 0.25) is 0 Å². The second-order valence-electron chi connectivity index (χ2n) is 5.88. The molecule has 0 atom stereocenters. The van der Waals surface area contributed by atoms with E-state index in [1.54, 1.807) is 30.3 Å². The minimum atomic E-state index is -3.60. The lowest BCUT2D eigenvalue weighted by Crippen LogP contribution is -2.31. The third-order valence-corrected chi connectivity index (χ3v) is 5.56. The lowest BCUT2D eigenvalue weighted by Gasteiger charge is -2.23. The minimum absolute atomic E-state index is 0.233. The van der Waals surface area contributed by atoms with Gasteiger partial charge in [0.15, 0.2) is 0 Å². The van der Waals surface area contributed by atoms with Crippen molar-refractivity contribution in [1.29, 1.82) is 0 Å². The van der Waals surface area contributed by atoms with Crippen LogP contribution in [0.3, 0.4) is 0 Å². The lowest BCUT2D eigenvalue weighted by atomic mass is 10.0. The van der Waals surface area contributed by atoms with E-state index in [9.17, 15) is 8.42 Å². The van der Waals surface area contributed by atoms with Crippen LogP contribution in [0.4, 0.5) is 5.69 Å². The Morgan fingerprint density at radius 2 is 1.61 bits per heavy atom. The van der Waals surface area contributed by atoms with Crippen LogP contribution in [0.1, 0.15) is 30.9 Å². The maximum Gasteiger partial charge on any atom is 0.264 e. The summed E-state index contributed by atoms with van der Waals surface area (Å²) in [5.41, 5.74) is 2.86. The Labute approximate surface area is 139 Å². The molecule has 0 fully saturated rings. The van der Waals surface area contributed by atoms with E-state index in [0.717, 1.165) is 5.56 Å². The number of nitrogens with zero attached hydrogens (tertiary/aromatic N) is 1. The molecule has 0 heterocycles. The molecule has 2 aromatic carbocycles. The van der Waals surface area contributed by atoms with Crippen LogP contribution >= 0.6 is 0 Å². The molecule has 0 aromatic heterocycles. The summed E-state index contributed by atoms with van der Waals surface area (Å²) in [6.45, 7) is 10.1. The Morgan fingerprint density at radius 3 is 2.09 bits per heavy atom. The number of benzene rings is 2. The van der Waals surface area contributed by atoms with E-state index in [4.69, 9.17) is 0 Å². The van der Waals surface area contributed by atoms with Crippen molar-refractivity contribution < 1.29 is 8.42 Å². The molecule has 0 spiro atoms. The molecule has 0 aliphatic rings. The molecule has 0 aliphatic carbocycles. The molecule has 4 heteroatoms. The van der Waals surface area contributed by atoms with E-state index < -0.39 is 10.0 Å². The van der Waals surface area contributed by atoms with Crippen LogP contribution in [-0.2, 0) is 10.0 Å². The third kappa shape index (κ3) is 3.82. The summed E-state index contributed by atoms with van der Waals surface area (Å²) in [6.07, 6.45) is 1.60. The topological polar surface area (TPSA) is 37.4 Å². The van der Waals surface area contributed by atoms with Crippen LogP contribution < -0.4 is 4.31 Å². The SMILES string of the molecule is C=CCN(c1ccc(C(C)C)cc1)S(=O)(=O)c1ccc(C)cc1. The van der Waals surface area contributed by atoms with E-state index >= 15 is 0 Å². The first-order valence-electron chi connectivity index (χ1n) is 7.66. The Kier molecular flexibility index (Phi) is 5.26. The zero-order chi connectivity index (χ0) is 17.0. The molecule has 3 nitrogen and oxygen atoms in total. The van der Waals surface area contributed by atoms with Crippen LogP contribution in [0.15, 0.2) is 66.1 Å². The average Bonchev–Trinajstić information content (AvgIpc) is 2.53. The monoisotopic (exact) mass is 329 g/mol. The summed E-state index contributed by atoms with van der Waals surface area (Å²) in [6, 6.07) is 14.5. The van der Waals surface area contributed by atoms with Gasteiger partial charge in [0.05, 0.1) is 17.1 Å². The minimum Gasteiger partial charge on any atom is -0.263 e. The van der Waals surface area contributed by atoms with Crippen LogP contribution in [-0.4, -0.2) is 15.0 Å². The van der Waals surface area contributed by atoms with E-state index in [-0.39, 0.29) is 11.4 Å². The molecule has 0 radical (unpaired) electrons. The highest BCUT2D eigenvalue weighted by molar-refractivity contribution is 7.92. The Bertz CT molecular complexity index is 760. The van der Waals surface area contributed by atoms with Crippen molar-refractivity contribution in [3.05, 3.63) is 72.3 Å². The summed E-state index contributed by atoms with van der Waals surface area (Å²) >= 11 is 0. The van der Waals surface area contributed by atoms with Crippen LogP contribution in [0.5, 0.6) is 0 Å². The standard InChI is InChI=1S/C19H23NO2S/c1-5-14-20(18-10-8-17(9-11-18)15(2)3)23(21,22)19-12-6-16(4)7-13-19/h5-13,15H,1,14H2,2-4H3. The second kappa shape index (κ2) is 7.01. The molecular formula is C19H23NO2S. The molecule has 2 rings (SSSR count). The third-order valence-electron chi connectivity index (χ3n) is 3.75. The smallest absolute Gasteiger partial charge is 0.263 e. The van der Waals surface area contributed by atoms with Gasteiger partial charge in [-0.05, 0) is 42.7 Å². The molecule has 23 heavy (non-hydrogen) atoms. The molecule has 0 saturated carbocycles. The largest absolute Gasteiger partial charge is 0.264 e. The summed E-state index contributed by atoms with van der Waals surface area (Å²) in [4.78, 5) is 0.290. The summed E-state index contributed by atoms with van der Waals surface area (Å²) in [5, 5.41) is 0. The van der Waals surface area contributed by atoms with Gasteiger partial charge in [0.25, 0.3) is 10.0 Å². The zero-order valence-corrected chi connectivity index (χ0v) is 14.7. The molecule has 0 N–H and O–H groups in total. The number of rotatable bonds is 6. The number of anilines is 1. The molecule has 2 aromatic rings. The predicted octanol–water partition coefficient (Wildman–Crippen LogP) is 4.50. The van der Waals surface area contributed by atoms with E-state index in [1.807, 2.05) is 31.2 Å². The van der Waals surface area contributed by atoms with Gasteiger partial charge >= 0.3 is 0 Å². The summed E-state index contributed by atoms with van der Waals surface area (Å²) in [7, 11) is -3.60. The Balaban J connectivity index is 2.44. The van der Waals surface area contributed by atoms with Crippen LogP contribution in [0.2, 0.25) is 0 Å². The zero-order valence-electron chi connectivity index (χ0n) is 13.9. The summed E-state index contributed by atoms with van der Waals surface area (Å²) < 4.78 is 27.2. The number of sulfonamides is 1. The predicted molar refractivity (Wildman–Crippen MR) is 96.4 cm³/mol. The highest BCUT2D eigenvalue weighted by Gasteiger charge is 2.23. The van der Waals surface area contributed by atoms with Gasteiger partial charge < -0.3 is 0 Å². The quantitative estimate of drug-likeness (QED) is 0.732. The van der Waals surface area contributed by atoms with Crippen LogP contribution in [0.25, 0.3) is 0 Å². The number of aryl methyl sites for hydroxylation is 1. The molecule has 0 aliphatic heterocycles. The number of hydrogen-bond acceptors (Lipinski definition) is 2. The first-order valence-corrected chi connectivity index (χ1v) is 9.10. The van der Waals surface area contributed by atoms with Gasteiger partial charge in [0, 0.05) is 0 Å². The average molecular weight is 329 g/mol. The maximum atomic E-state index is 12.9. The summed E-state index contributed by atoms with van der Waals surface area (Å²) in [5.74, 6) is 0.408. The van der Waals surface area contributed by atoms with Crippen molar-refractivity contribution >= 4 is 15.7 Å². The van der Waals surface area contributed by atoms with E-state index in [0.29, 0.717) is 11.6 Å². The van der Waals surface area contributed by atoms with Gasteiger partial charge in [-0.15, -0.1) is 6.58 Å². The van der Waals surface area contributed by atoms with Gasteiger partial charge in [-0.2, -0.15) is 0 Å². The van der Waals surface area contributed by atoms with Crippen LogP contribution in [0, 0.1) is 6.92 Å². The molecule has 0 bridgehead atoms.